The SMILES string of the molecule is CN(CCc1ccc(N)cn1)C1CCCCC1. The number of aromatic nitrogens is 1. The summed E-state index contributed by atoms with van der Waals surface area (Å²) in [6, 6.07) is 4.75. The summed E-state index contributed by atoms with van der Waals surface area (Å²) in [6.45, 7) is 1.10. The Kier molecular flexibility index (Phi) is 4.37. The van der Waals surface area contributed by atoms with Crippen molar-refractivity contribution in [3.8, 4) is 0 Å². The average Bonchev–Trinajstić information content (AvgIpc) is 2.39. The molecule has 2 rings (SSSR count). The fourth-order valence-electron chi connectivity index (χ4n) is 2.58. The summed E-state index contributed by atoms with van der Waals surface area (Å²) in [5.74, 6) is 0. The van der Waals surface area contributed by atoms with Gasteiger partial charge in [-0.15, -0.1) is 0 Å². The molecule has 0 spiro atoms. The largest absolute Gasteiger partial charge is 0.397 e. The maximum atomic E-state index is 5.63. The number of pyridine rings is 1. The predicted molar refractivity (Wildman–Crippen MR) is 71.9 cm³/mol. The lowest BCUT2D eigenvalue weighted by molar-refractivity contribution is 0.193. The van der Waals surface area contributed by atoms with Gasteiger partial charge in [0.05, 0.1) is 11.9 Å². The summed E-state index contributed by atoms with van der Waals surface area (Å²) in [5, 5.41) is 0. The van der Waals surface area contributed by atoms with Gasteiger partial charge in [-0.05, 0) is 32.0 Å². The Hall–Kier alpha value is -1.09. The molecule has 94 valence electrons. The van der Waals surface area contributed by atoms with Gasteiger partial charge < -0.3 is 10.6 Å². The topological polar surface area (TPSA) is 42.1 Å². The van der Waals surface area contributed by atoms with Gasteiger partial charge in [-0.1, -0.05) is 19.3 Å². The van der Waals surface area contributed by atoms with E-state index in [9.17, 15) is 0 Å². The lowest BCUT2D eigenvalue weighted by atomic mass is 9.94. The van der Waals surface area contributed by atoms with Crippen molar-refractivity contribution in [1.29, 1.82) is 0 Å². The van der Waals surface area contributed by atoms with E-state index in [4.69, 9.17) is 5.73 Å². The minimum Gasteiger partial charge on any atom is -0.397 e. The minimum atomic E-state index is 0.745. The quantitative estimate of drug-likeness (QED) is 0.868. The van der Waals surface area contributed by atoms with Gasteiger partial charge in [0.2, 0.25) is 0 Å². The van der Waals surface area contributed by atoms with Crippen molar-refractivity contribution >= 4 is 5.69 Å². The molecule has 0 radical (unpaired) electrons. The zero-order valence-electron chi connectivity index (χ0n) is 10.7. The second-order valence-corrected chi connectivity index (χ2v) is 5.11. The van der Waals surface area contributed by atoms with E-state index in [1.807, 2.05) is 12.1 Å². The van der Waals surface area contributed by atoms with E-state index in [0.717, 1.165) is 30.4 Å². The maximum absolute atomic E-state index is 5.63. The highest BCUT2D eigenvalue weighted by Gasteiger charge is 2.17. The van der Waals surface area contributed by atoms with Gasteiger partial charge in [-0.2, -0.15) is 0 Å². The number of hydrogen-bond donors (Lipinski definition) is 1. The summed E-state index contributed by atoms with van der Waals surface area (Å²) in [7, 11) is 2.24. The smallest absolute Gasteiger partial charge is 0.0501 e. The minimum absolute atomic E-state index is 0.745. The Morgan fingerprint density at radius 1 is 1.29 bits per heavy atom. The van der Waals surface area contributed by atoms with Crippen LogP contribution in [0.4, 0.5) is 5.69 Å². The summed E-state index contributed by atoms with van der Waals surface area (Å²) in [4.78, 5) is 6.84. The van der Waals surface area contributed by atoms with Crippen molar-refractivity contribution in [2.24, 2.45) is 0 Å². The number of likely N-dealkylation sites (N-methyl/N-ethyl adjacent to an activating group) is 1. The molecule has 1 aromatic rings. The summed E-state index contributed by atoms with van der Waals surface area (Å²) in [6.07, 6.45) is 9.72. The molecule has 0 aliphatic heterocycles. The Balaban J connectivity index is 1.78. The van der Waals surface area contributed by atoms with Crippen molar-refractivity contribution in [1.82, 2.24) is 9.88 Å². The molecule has 1 aliphatic rings. The van der Waals surface area contributed by atoms with E-state index in [1.54, 1.807) is 6.20 Å². The van der Waals surface area contributed by atoms with Crippen LogP contribution in [0.15, 0.2) is 18.3 Å². The molecular formula is C14H23N3. The summed E-state index contributed by atoms with van der Waals surface area (Å²) < 4.78 is 0. The third-order valence-corrected chi connectivity index (χ3v) is 3.77. The van der Waals surface area contributed by atoms with E-state index >= 15 is 0 Å². The molecule has 0 bridgehead atoms. The first kappa shape index (κ1) is 12.4. The first-order valence-corrected chi connectivity index (χ1v) is 6.66. The predicted octanol–water partition coefficient (Wildman–Crippen LogP) is 2.47. The first-order valence-electron chi connectivity index (χ1n) is 6.66. The van der Waals surface area contributed by atoms with E-state index < -0.39 is 0 Å². The molecule has 1 aliphatic carbocycles. The molecule has 3 nitrogen and oxygen atoms in total. The second-order valence-electron chi connectivity index (χ2n) is 5.11. The molecule has 0 aromatic carbocycles. The molecule has 0 atom stereocenters. The Bertz CT molecular complexity index is 328. The molecule has 17 heavy (non-hydrogen) atoms. The van der Waals surface area contributed by atoms with Crippen LogP contribution in [-0.2, 0) is 6.42 Å². The van der Waals surface area contributed by atoms with E-state index in [1.165, 1.54) is 32.1 Å². The zero-order chi connectivity index (χ0) is 12.1. The van der Waals surface area contributed by atoms with Gasteiger partial charge >= 0.3 is 0 Å². The Morgan fingerprint density at radius 3 is 2.71 bits per heavy atom. The maximum Gasteiger partial charge on any atom is 0.0501 e. The number of nitrogens with zero attached hydrogens (tertiary/aromatic N) is 2. The zero-order valence-corrected chi connectivity index (χ0v) is 10.7. The molecule has 0 saturated heterocycles. The van der Waals surface area contributed by atoms with Crippen LogP contribution < -0.4 is 5.73 Å². The highest BCUT2D eigenvalue weighted by Crippen LogP contribution is 2.21. The van der Waals surface area contributed by atoms with Crippen molar-refractivity contribution < 1.29 is 0 Å². The number of nitrogens with two attached hydrogens (primary N) is 1. The van der Waals surface area contributed by atoms with Crippen molar-refractivity contribution in [2.45, 2.75) is 44.6 Å². The molecule has 0 unspecified atom stereocenters. The molecule has 1 fully saturated rings. The van der Waals surface area contributed by atoms with Gasteiger partial charge in [0, 0.05) is 24.7 Å². The van der Waals surface area contributed by atoms with Crippen molar-refractivity contribution in [3.63, 3.8) is 0 Å². The van der Waals surface area contributed by atoms with Crippen LogP contribution in [0.1, 0.15) is 37.8 Å². The normalized spacial score (nSPS) is 17.5. The Labute approximate surface area is 104 Å². The average molecular weight is 233 g/mol. The van der Waals surface area contributed by atoms with Gasteiger partial charge in [0.1, 0.15) is 0 Å². The van der Waals surface area contributed by atoms with Crippen LogP contribution in [0, 0.1) is 0 Å². The van der Waals surface area contributed by atoms with Crippen molar-refractivity contribution in [3.05, 3.63) is 24.0 Å². The highest BCUT2D eigenvalue weighted by molar-refractivity contribution is 5.34. The molecule has 1 saturated carbocycles. The third-order valence-electron chi connectivity index (χ3n) is 3.77. The molecule has 2 N–H and O–H groups in total. The van der Waals surface area contributed by atoms with Crippen LogP contribution >= 0.6 is 0 Å². The highest BCUT2D eigenvalue weighted by atomic mass is 15.1. The van der Waals surface area contributed by atoms with Crippen LogP contribution in [0.25, 0.3) is 0 Å². The molecular weight excluding hydrogens is 210 g/mol. The summed E-state index contributed by atoms with van der Waals surface area (Å²) in [5.41, 5.74) is 7.51. The monoisotopic (exact) mass is 233 g/mol. The fourth-order valence-corrected chi connectivity index (χ4v) is 2.58. The Morgan fingerprint density at radius 2 is 2.06 bits per heavy atom. The van der Waals surface area contributed by atoms with Crippen LogP contribution in [0.3, 0.4) is 0 Å². The second kappa shape index (κ2) is 6.01. The number of anilines is 1. The van der Waals surface area contributed by atoms with Gasteiger partial charge in [0.25, 0.3) is 0 Å². The van der Waals surface area contributed by atoms with Gasteiger partial charge in [0.15, 0.2) is 0 Å². The number of rotatable bonds is 4. The lowest BCUT2D eigenvalue weighted by Crippen LogP contribution is -2.34. The van der Waals surface area contributed by atoms with Crippen molar-refractivity contribution in [2.75, 3.05) is 19.3 Å². The molecule has 3 heteroatoms. The van der Waals surface area contributed by atoms with Crippen LogP contribution in [0.5, 0.6) is 0 Å². The fraction of sp³-hybridized carbons (Fsp3) is 0.643. The van der Waals surface area contributed by atoms with E-state index in [0.29, 0.717) is 0 Å². The number of hydrogen-bond acceptors (Lipinski definition) is 3. The van der Waals surface area contributed by atoms with Crippen LogP contribution in [-0.4, -0.2) is 29.5 Å². The summed E-state index contributed by atoms with van der Waals surface area (Å²) >= 11 is 0. The molecule has 1 heterocycles. The number of nitrogen functional groups attached to an aromatic ring is 1. The lowest BCUT2D eigenvalue weighted by Gasteiger charge is -2.31. The molecule has 0 amide bonds. The third kappa shape index (κ3) is 3.70. The first-order chi connectivity index (χ1) is 8.25. The standard InChI is InChI=1S/C14H23N3/c1-17(14-5-3-2-4-6-14)10-9-13-8-7-12(15)11-16-13/h7-8,11,14H,2-6,9-10,15H2,1H3. The molecule has 1 aromatic heterocycles. The van der Waals surface area contributed by atoms with E-state index in [-0.39, 0.29) is 0 Å². The van der Waals surface area contributed by atoms with E-state index in [2.05, 4.69) is 16.9 Å². The van der Waals surface area contributed by atoms with Gasteiger partial charge in [-0.3, -0.25) is 4.98 Å². The van der Waals surface area contributed by atoms with Crippen LogP contribution in [0.2, 0.25) is 0 Å². The van der Waals surface area contributed by atoms with Gasteiger partial charge in [-0.25, -0.2) is 0 Å².